The van der Waals surface area contributed by atoms with E-state index in [1.165, 1.54) is 0 Å². The van der Waals surface area contributed by atoms with Crippen molar-refractivity contribution in [2.24, 2.45) is 23.1 Å². The van der Waals surface area contributed by atoms with Gasteiger partial charge in [-0.3, -0.25) is 5.32 Å². The molecule has 43 heavy (non-hydrogen) atoms. The summed E-state index contributed by atoms with van der Waals surface area (Å²) in [6.45, 7) is 3.78. The highest BCUT2D eigenvalue weighted by molar-refractivity contribution is 5.06. The Balaban J connectivity index is 1.26. The van der Waals surface area contributed by atoms with Crippen molar-refractivity contribution in [3.63, 3.8) is 0 Å². The van der Waals surface area contributed by atoms with Crippen LogP contribution in [0.25, 0.3) is 0 Å². The minimum Gasteiger partial charge on any atom is -0.467 e. The molecule has 3 heterocycles. The second-order valence-corrected chi connectivity index (χ2v) is 13.4. The molecule has 4 fully saturated rings. The maximum Gasteiger partial charge on any atom is 0.215 e. The Kier molecular flexibility index (Phi) is 10.7. The molecule has 15 heteroatoms. The average molecular weight is 616 g/mol. The van der Waals surface area contributed by atoms with Gasteiger partial charge in [-0.25, -0.2) is 0 Å². The summed E-state index contributed by atoms with van der Waals surface area (Å²) >= 11 is 0. The predicted molar refractivity (Wildman–Crippen MR) is 156 cm³/mol. The molecule has 248 valence electrons. The van der Waals surface area contributed by atoms with E-state index in [-0.39, 0.29) is 13.0 Å². The highest BCUT2D eigenvalue weighted by atomic mass is 16.7. The highest BCUT2D eigenvalue weighted by Crippen LogP contribution is 2.33. The molecule has 15 nitrogen and oxygen atoms in total. The molecule has 0 aromatic heterocycles. The summed E-state index contributed by atoms with van der Waals surface area (Å²) in [5.41, 5.74) is 16.3. The molecule has 0 aromatic rings. The summed E-state index contributed by atoms with van der Waals surface area (Å²) in [6, 6.07) is -2.19. The molecular weight excluding hydrogens is 562 g/mol. The van der Waals surface area contributed by atoms with Crippen LogP contribution in [-0.4, -0.2) is 139 Å². The maximum atomic E-state index is 11.7. The van der Waals surface area contributed by atoms with E-state index in [9.17, 15) is 20.4 Å². The molecule has 0 radical (unpaired) electrons. The fourth-order valence-electron chi connectivity index (χ4n) is 7.02. The molecule has 14 N–H and O–H groups in total. The van der Waals surface area contributed by atoms with Gasteiger partial charge in [0.15, 0.2) is 6.29 Å². The molecule has 2 saturated heterocycles. The summed E-state index contributed by atoms with van der Waals surface area (Å²) in [5, 5.41) is 57.2. The van der Waals surface area contributed by atoms with Crippen LogP contribution in [0.1, 0.15) is 39.0 Å². The first-order valence-electron chi connectivity index (χ1n) is 15.6. The van der Waals surface area contributed by atoms with Crippen molar-refractivity contribution >= 4 is 0 Å². The first-order chi connectivity index (χ1) is 20.4. The molecular formula is C28H53N7O8. The van der Waals surface area contributed by atoms with E-state index >= 15 is 0 Å². The molecule has 12 atom stereocenters. The van der Waals surface area contributed by atoms with E-state index in [4.69, 9.17) is 36.1 Å². The predicted octanol–water partition coefficient (Wildman–Crippen LogP) is -4.17. The zero-order valence-electron chi connectivity index (χ0n) is 25.2. The lowest BCUT2D eigenvalue weighted by molar-refractivity contribution is -0.305. The van der Waals surface area contributed by atoms with E-state index in [0.29, 0.717) is 50.2 Å². The van der Waals surface area contributed by atoms with Gasteiger partial charge in [0.25, 0.3) is 0 Å². The van der Waals surface area contributed by atoms with Crippen molar-refractivity contribution in [2.45, 2.75) is 118 Å². The van der Waals surface area contributed by atoms with Gasteiger partial charge in [-0.2, -0.15) is 0 Å². The fraction of sp³-hybridized carbons (Fsp3) is 0.929. The third-order valence-corrected chi connectivity index (χ3v) is 9.57. The van der Waals surface area contributed by atoms with Crippen molar-refractivity contribution in [1.82, 2.24) is 21.3 Å². The molecule has 5 aliphatic rings. The van der Waals surface area contributed by atoms with E-state index < -0.39 is 72.5 Å². The third kappa shape index (κ3) is 7.69. The number of nitrogens with one attached hydrogen (secondary N) is 4. The van der Waals surface area contributed by atoms with Gasteiger partial charge >= 0.3 is 0 Å². The largest absolute Gasteiger partial charge is 0.467 e. The molecule has 0 bridgehead atoms. The number of aliphatic hydroxyl groups is 4. The summed E-state index contributed by atoms with van der Waals surface area (Å²) in [4.78, 5) is 0. The van der Waals surface area contributed by atoms with Gasteiger partial charge in [0.2, 0.25) is 6.29 Å². The summed E-state index contributed by atoms with van der Waals surface area (Å²) in [6.07, 6.45) is -1.25. The molecule has 2 aliphatic carbocycles. The molecule has 3 aliphatic heterocycles. The Bertz CT molecular complexity index is 950. The van der Waals surface area contributed by atoms with Crippen LogP contribution in [0.15, 0.2) is 11.8 Å². The Labute approximate surface area is 253 Å². The number of hydrogen-bond acceptors (Lipinski definition) is 15. The van der Waals surface area contributed by atoms with Crippen LogP contribution < -0.4 is 38.5 Å². The first-order valence-corrected chi connectivity index (χ1v) is 15.6. The lowest BCUT2D eigenvalue weighted by Gasteiger charge is -2.49. The Morgan fingerprint density at radius 3 is 2.47 bits per heavy atom. The SMILES string of the molecule is CN[C@@H]1[C@@H](O)[C@@H](O[C@@H]2[C@@H](O)[C@H](O[C@H]3OC(CNCC4CC(N)C4)=CC[C@H]3N)[C@@H](N)C[C@H]2NC2(O)CCNC2)OC[C@]1(C)O. The zero-order chi connectivity index (χ0) is 30.9. The summed E-state index contributed by atoms with van der Waals surface area (Å²) in [5.74, 6) is 1.28. The number of hydrogen-bond donors (Lipinski definition) is 11. The number of rotatable bonds is 11. The molecule has 0 amide bonds. The summed E-state index contributed by atoms with van der Waals surface area (Å²) in [7, 11) is 1.63. The van der Waals surface area contributed by atoms with Crippen molar-refractivity contribution in [1.29, 1.82) is 0 Å². The highest BCUT2D eigenvalue weighted by Gasteiger charge is 2.52. The molecule has 0 spiro atoms. The van der Waals surface area contributed by atoms with E-state index in [0.717, 1.165) is 19.4 Å². The van der Waals surface area contributed by atoms with Crippen LogP contribution >= 0.6 is 0 Å². The van der Waals surface area contributed by atoms with Crippen LogP contribution in [0.5, 0.6) is 0 Å². The second-order valence-electron chi connectivity index (χ2n) is 13.4. The standard InChI is InChI=1S/C28H53N7O8/c1-27(38)13-40-26(21(37)24(27)32-2)43-23-19(35-28(39)5-6-33-12-28)9-18(31)22(20(23)36)42-25-17(30)4-3-16(41-25)11-34-10-14-7-15(29)8-14/h3,14-15,17-26,32-39H,4-13,29-31H2,1-2H3/t14?,15?,17-,18+,19-,20+,21-,22-,23+,24-,25-,26-,27+,28?/m1/s1. The third-order valence-electron chi connectivity index (χ3n) is 9.57. The van der Waals surface area contributed by atoms with Crippen LogP contribution in [0.4, 0.5) is 0 Å². The Hall–Kier alpha value is -1.02. The zero-order valence-corrected chi connectivity index (χ0v) is 25.2. The second kappa shape index (κ2) is 13.8. The number of β-amino-alcohol motifs (C(OH)–C–C–N with tert-alkyl or cyclic N) is 1. The van der Waals surface area contributed by atoms with Gasteiger partial charge in [0, 0.05) is 31.1 Å². The minimum atomic E-state index is -1.34. The molecule has 1 unspecified atom stereocenters. The van der Waals surface area contributed by atoms with Crippen LogP contribution in [0, 0.1) is 5.92 Å². The van der Waals surface area contributed by atoms with Crippen molar-refractivity contribution in [2.75, 3.05) is 39.8 Å². The lowest BCUT2D eigenvalue weighted by Crippen LogP contribution is -2.70. The van der Waals surface area contributed by atoms with E-state index in [1.54, 1.807) is 14.0 Å². The normalized spacial score (nSPS) is 48.8. The van der Waals surface area contributed by atoms with Gasteiger partial charge in [-0.1, -0.05) is 0 Å². The number of aliphatic hydroxyl groups excluding tert-OH is 2. The van der Waals surface area contributed by atoms with Crippen LogP contribution in [-0.2, 0) is 18.9 Å². The van der Waals surface area contributed by atoms with Crippen molar-refractivity contribution < 1.29 is 39.4 Å². The molecule has 5 rings (SSSR count). The monoisotopic (exact) mass is 615 g/mol. The van der Waals surface area contributed by atoms with Crippen LogP contribution in [0.2, 0.25) is 0 Å². The van der Waals surface area contributed by atoms with E-state index in [2.05, 4.69) is 21.3 Å². The van der Waals surface area contributed by atoms with Gasteiger partial charge < -0.3 is 72.5 Å². The number of likely N-dealkylation sites (N-methyl/N-ethyl adjacent to an activating group) is 1. The Morgan fingerprint density at radius 1 is 1.05 bits per heavy atom. The minimum absolute atomic E-state index is 0.101. The smallest absolute Gasteiger partial charge is 0.215 e. The maximum absolute atomic E-state index is 11.7. The van der Waals surface area contributed by atoms with Crippen LogP contribution in [0.3, 0.4) is 0 Å². The molecule has 2 saturated carbocycles. The quantitative estimate of drug-likeness (QED) is 0.0988. The van der Waals surface area contributed by atoms with Crippen molar-refractivity contribution in [3.05, 3.63) is 11.8 Å². The van der Waals surface area contributed by atoms with Gasteiger partial charge in [-0.15, -0.1) is 0 Å². The van der Waals surface area contributed by atoms with E-state index in [1.807, 2.05) is 6.08 Å². The lowest BCUT2D eigenvalue weighted by atomic mass is 9.81. The average Bonchev–Trinajstić information content (AvgIpc) is 3.36. The number of ether oxygens (including phenoxy) is 4. The fourth-order valence-corrected chi connectivity index (χ4v) is 7.02. The van der Waals surface area contributed by atoms with Gasteiger partial charge in [-0.05, 0) is 64.7 Å². The van der Waals surface area contributed by atoms with Gasteiger partial charge in [0.1, 0.15) is 41.5 Å². The summed E-state index contributed by atoms with van der Waals surface area (Å²) < 4.78 is 24.4. The number of nitrogens with two attached hydrogens (primary N) is 3. The first kappa shape index (κ1) is 33.3. The van der Waals surface area contributed by atoms with Gasteiger partial charge in [0.05, 0.1) is 25.2 Å². The van der Waals surface area contributed by atoms with Crippen molar-refractivity contribution in [3.8, 4) is 0 Å². The molecule has 0 aromatic carbocycles. The Morgan fingerprint density at radius 2 is 1.79 bits per heavy atom. The topological polar surface area (TPSA) is 244 Å².